The summed E-state index contributed by atoms with van der Waals surface area (Å²) >= 11 is 0. The van der Waals surface area contributed by atoms with Crippen molar-refractivity contribution in [2.75, 3.05) is 0 Å². The average Bonchev–Trinajstić information content (AvgIpc) is 2.06. The molecule has 0 aliphatic heterocycles. The highest BCUT2D eigenvalue weighted by Gasteiger charge is 2.08. The summed E-state index contributed by atoms with van der Waals surface area (Å²) in [7, 11) is -1.43. The molecular weight excluding hydrogens is 153 g/mol. The lowest BCUT2D eigenvalue weighted by molar-refractivity contribution is 0.426. The molecule has 0 amide bonds. The third-order valence-electron chi connectivity index (χ3n) is 1.43. The molecule has 0 fully saturated rings. The van der Waals surface area contributed by atoms with Gasteiger partial charge in [0.1, 0.15) is 0 Å². The van der Waals surface area contributed by atoms with Crippen LogP contribution in [-0.4, -0.2) is 17.2 Å². The monoisotopic (exact) mass is 161 g/mol. The Balaban J connectivity index is 2.90. The zero-order chi connectivity index (χ0) is 8.97. The van der Waals surface area contributed by atoms with Crippen LogP contribution in [0.15, 0.2) is 24.3 Å². The van der Waals surface area contributed by atoms with E-state index in [1.807, 2.05) is 0 Å². The van der Waals surface area contributed by atoms with E-state index in [0.717, 1.165) is 5.56 Å². The van der Waals surface area contributed by atoms with Crippen molar-refractivity contribution >= 4 is 12.6 Å². The topological polar surface area (TPSA) is 66.5 Å². The van der Waals surface area contributed by atoms with Gasteiger partial charge in [0.2, 0.25) is 0 Å². The average molecular weight is 161 g/mol. The number of nitrogens with two attached hydrogens (primary N) is 1. The van der Waals surface area contributed by atoms with Gasteiger partial charge in [0.05, 0.1) is 0 Å². The summed E-state index contributed by atoms with van der Waals surface area (Å²) in [5, 5.41) is 17.5. The molecule has 0 saturated heterocycles. The maximum absolute atomic E-state index is 8.74. The van der Waals surface area contributed by atoms with Crippen LogP contribution in [0.25, 0.3) is 0 Å². The van der Waals surface area contributed by atoms with Crippen LogP contribution in [0, 0.1) is 12.0 Å². The lowest BCUT2D eigenvalue weighted by Crippen LogP contribution is -2.29. The van der Waals surface area contributed by atoms with Gasteiger partial charge in [0.15, 0.2) is 0 Å². The minimum Gasteiger partial charge on any atom is -0.423 e. The Bertz CT molecular complexity index is 310. The Morgan fingerprint density at radius 2 is 1.75 bits per heavy atom. The van der Waals surface area contributed by atoms with E-state index in [-0.39, 0.29) is 0 Å². The second-order valence-corrected chi connectivity index (χ2v) is 2.27. The molecule has 4 N–H and O–H groups in total. The molecule has 0 bridgehead atoms. The van der Waals surface area contributed by atoms with Crippen molar-refractivity contribution in [2.45, 2.75) is 0 Å². The molecule has 0 atom stereocenters. The first-order valence-corrected chi connectivity index (χ1v) is 3.42. The van der Waals surface area contributed by atoms with Crippen LogP contribution >= 0.6 is 0 Å². The van der Waals surface area contributed by atoms with Crippen molar-refractivity contribution in [1.82, 2.24) is 0 Å². The lowest BCUT2D eigenvalue weighted by Gasteiger charge is -1.97. The van der Waals surface area contributed by atoms with Crippen LogP contribution in [0.1, 0.15) is 5.56 Å². The predicted molar refractivity (Wildman–Crippen MR) is 47.3 cm³/mol. The van der Waals surface area contributed by atoms with Gasteiger partial charge in [0, 0.05) is 11.6 Å². The molecule has 1 aromatic rings. The van der Waals surface area contributed by atoms with Crippen LogP contribution in [0.2, 0.25) is 0 Å². The fourth-order valence-corrected chi connectivity index (χ4v) is 0.822. The molecule has 4 heteroatoms. The van der Waals surface area contributed by atoms with Crippen molar-refractivity contribution < 1.29 is 10.0 Å². The molecule has 0 unspecified atom stereocenters. The van der Waals surface area contributed by atoms with E-state index in [2.05, 4.69) is 12.0 Å². The summed E-state index contributed by atoms with van der Waals surface area (Å²) in [5.74, 6) is 2.64. The zero-order valence-electron chi connectivity index (χ0n) is 6.36. The quantitative estimate of drug-likeness (QED) is 0.270. The van der Waals surface area contributed by atoms with Crippen LogP contribution < -0.4 is 11.2 Å². The van der Waals surface area contributed by atoms with Gasteiger partial charge in [-0.15, -0.1) is 0 Å². The molecule has 12 heavy (non-hydrogen) atoms. The highest BCUT2D eigenvalue weighted by molar-refractivity contribution is 6.58. The fraction of sp³-hybridized carbons (Fsp3) is 0. The molecular formula is C8H8BNO2. The molecule has 0 spiro atoms. The van der Waals surface area contributed by atoms with Gasteiger partial charge < -0.3 is 15.8 Å². The van der Waals surface area contributed by atoms with Crippen molar-refractivity contribution in [3.05, 3.63) is 29.8 Å². The number of hydrogen-bond donors (Lipinski definition) is 3. The Hall–Kier alpha value is -1.44. The third kappa shape index (κ3) is 2.02. The van der Waals surface area contributed by atoms with Gasteiger partial charge >= 0.3 is 7.12 Å². The van der Waals surface area contributed by atoms with Gasteiger partial charge in [-0.3, -0.25) is 0 Å². The van der Waals surface area contributed by atoms with E-state index >= 15 is 0 Å². The van der Waals surface area contributed by atoms with Crippen molar-refractivity contribution in [2.24, 2.45) is 5.73 Å². The summed E-state index contributed by atoms with van der Waals surface area (Å²) < 4.78 is 0. The normalized spacial score (nSPS) is 8.50. The van der Waals surface area contributed by atoms with E-state index in [1.54, 1.807) is 24.3 Å². The van der Waals surface area contributed by atoms with E-state index in [0.29, 0.717) is 5.46 Å². The summed E-state index contributed by atoms with van der Waals surface area (Å²) in [4.78, 5) is 0. The summed E-state index contributed by atoms with van der Waals surface area (Å²) in [6, 6.07) is 8.78. The first-order chi connectivity index (χ1) is 5.74. The van der Waals surface area contributed by atoms with Crippen LogP contribution in [-0.2, 0) is 0 Å². The molecule has 0 saturated carbocycles. The highest BCUT2D eigenvalue weighted by Crippen LogP contribution is 1.93. The summed E-state index contributed by atoms with van der Waals surface area (Å²) in [6.07, 6.45) is 0. The van der Waals surface area contributed by atoms with Gasteiger partial charge in [-0.2, -0.15) is 0 Å². The fourth-order valence-electron chi connectivity index (χ4n) is 0.822. The molecule has 1 rings (SSSR count). The van der Waals surface area contributed by atoms with E-state index in [1.165, 1.54) is 0 Å². The number of hydrogen-bond acceptors (Lipinski definition) is 3. The lowest BCUT2D eigenvalue weighted by atomic mass is 9.80. The Morgan fingerprint density at radius 1 is 1.17 bits per heavy atom. The zero-order valence-corrected chi connectivity index (χ0v) is 6.36. The number of rotatable bonds is 1. The highest BCUT2D eigenvalue weighted by atomic mass is 16.4. The molecule has 3 nitrogen and oxygen atoms in total. The largest absolute Gasteiger partial charge is 0.488 e. The smallest absolute Gasteiger partial charge is 0.423 e. The minimum absolute atomic E-state index is 0.442. The van der Waals surface area contributed by atoms with E-state index < -0.39 is 7.12 Å². The van der Waals surface area contributed by atoms with Crippen LogP contribution in [0.4, 0.5) is 0 Å². The first kappa shape index (κ1) is 8.66. The summed E-state index contributed by atoms with van der Waals surface area (Å²) in [5.41, 5.74) is 6.19. The molecule has 1 aromatic carbocycles. The van der Waals surface area contributed by atoms with Gasteiger partial charge in [-0.25, -0.2) is 0 Å². The Morgan fingerprint density at radius 3 is 2.17 bits per heavy atom. The maximum Gasteiger partial charge on any atom is 0.488 e. The summed E-state index contributed by atoms with van der Waals surface area (Å²) in [6.45, 7) is 0. The maximum atomic E-state index is 8.74. The second-order valence-electron chi connectivity index (χ2n) is 2.27. The van der Waals surface area contributed by atoms with Crippen LogP contribution in [0.5, 0.6) is 0 Å². The Kier molecular flexibility index (Phi) is 2.75. The van der Waals surface area contributed by atoms with Crippen molar-refractivity contribution in [1.29, 1.82) is 0 Å². The van der Waals surface area contributed by atoms with Crippen LogP contribution in [0.3, 0.4) is 0 Å². The Labute approximate surface area is 71.0 Å². The number of benzene rings is 1. The molecule has 0 radical (unpaired) electrons. The van der Waals surface area contributed by atoms with E-state index in [4.69, 9.17) is 15.8 Å². The van der Waals surface area contributed by atoms with Gasteiger partial charge in [-0.05, 0) is 23.5 Å². The van der Waals surface area contributed by atoms with E-state index in [9.17, 15) is 0 Å². The SMILES string of the molecule is NC#Cc1ccc(B(O)O)cc1. The van der Waals surface area contributed by atoms with Gasteiger partial charge in [0.25, 0.3) is 0 Å². The minimum atomic E-state index is -1.43. The molecule has 0 aliphatic rings. The second kappa shape index (κ2) is 3.81. The molecule has 0 heterocycles. The molecule has 60 valence electrons. The predicted octanol–water partition coefficient (Wildman–Crippen LogP) is -1.37. The standard InChI is InChI=1S/C8H8BNO2/c10-6-5-7-1-3-8(4-2-7)9(11)12/h1-4,11-12H,10H2. The molecule has 0 aromatic heterocycles. The third-order valence-corrected chi connectivity index (χ3v) is 1.43. The van der Waals surface area contributed by atoms with Gasteiger partial charge in [-0.1, -0.05) is 12.1 Å². The van der Waals surface area contributed by atoms with Crippen molar-refractivity contribution in [3.8, 4) is 12.0 Å². The first-order valence-electron chi connectivity index (χ1n) is 3.42. The van der Waals surface area contributed by atoms with Crippen molar-refractivity contribution in [3.63, 3.8) is 0 Å². The molecule has 0 aliphatic carbocycles.